The highest BCUT2D eigenvalue weighted by Crippen LogP contribution is 2.14. The van der Waals surface area contributed by atoms with E-state index < -0.39 is 0 Å². The third-order valence-electron chi connectivity index (χ3n) is 2.63. The van der Waals surface area contributed by atoms with Crippen LogP contribution in [0.5, 0.6) is 0 Å². The van der Waals surface area contributed by atoms with Crippen LogP contribution >= 0.6 is 0 Å². The van der Waals surface area contributed by atoms with E-state index in [1.165, 1.54) is 7.11 Å². The van der Waals surface area contributed by atoms with Crippen molar-refractivity contribution in [3.63, 3.8) is 0 Å². The lowest BCUT2D eigenvalue weighted by molar-refractivity contribution is -0.140. The maximum absolute atomic E-state index is 11.1. The zero-order chi connectivity index (χ0) is 13.0. The summed E-state index contributed by atoms with van der Waals surface area (Å²) in [7, 11) is 1.38. The fourth-order valence-electron chi connectivity index (χ4n) is 1.71. The number of ether oxygens (including phenoxy) is 1. The van der Waals surface area contributed by atoms with Crippen molar-refractivity contribution < 1.29 is 9.53 Å². The Kier molecular flexibility index (Phi) is 3.66. The van der Waals surface area contributed by atoms with Gasteiger partial charge in [-0.05, 0) is 24.6 Å². The van der Waals surface area contributed by atoms with Crippen molar-refractivity contribution >= 4 is 22.7 Å². The molecular weight excluding hydrogens is 234 g/mol. The Morgan fingerprint density at radius 2 is 2.11 bits per heavy atom. The van der Waals surface area contributed by atoms with E-state index in [0.717, 1.165) is 16.7 Å². The first-order chi connectivity index (χ1) is 8.69. The van der Waals surface area contributed by atoms with Gasteiger partial charge in [0.25, 0.3) is 0 Å². The smallest absolute Gasteiger partial charge is 0.323 e. The van der Waals surface area contributed by atoms with Crippen LogP contribution in [0.15, 0.2) is 23.0 Å². The Morgan fingerprint density at radius 3 is 2.89 bits per heavy atom. The number of H-pyrrole nitrogens is 2. The highest BCUT2D eigenvalue weighted by atomic mass is 16.5. The van der Waals surface area contributed by atoms with Crippen molar-refractivity contribution in [1.82, 2.24) is 9.97 Å². The van der Waals surface area contributed by atoms with E-state index in [0.29, 0.717) is 19.4 Å². The third-order valence-corrected chi connectivity index (χ3v) is 2.63. The molecule has 6 nitrogen and oxygen atoms in total. The molecule has 0 atom stereocenters. The van der Waals surface area contributed by atoms with Crippen LogP contribution in [0, 0.1) is 0 Å². The summed E-state index contributed by atoms with van der Waals surface area (Å²) in [6.07, 6.45) is 1.10. The molecule has 0 unspecified atom stereocenters. The van der Waals surface area contributed by atoms with Crippen molar-refractivity contribution in [3.8, 4) is 0 Å². The molecule has 0 aliphatic carbocycles. The molecule has 18 heavy (non-hydrogen) atoms. The zero-order valence-electron chi connectivity index (χ0n) is 10.1. The number of imidazole rings is 1. The number of hydrogen-bond acceptors (Lipinski definition) is 4. The molecular formula is C12H15N3O3. The molecule has 0 saturated carbocycles. The number of carbonyl (C=O) groups is 1. The molecule has 0 spiro atoms. The number of carbonyl (C=O) groups excluding carboxylic acids is 1. The minimum absolute atomic E-state index is 0.206. The van der Waals surface area contributed by atoms with Gasteiger partial charge in [-0.25, -0.2) is 4.79 Å². The molecule has 96 valence electrons. The first-order valence-electron chi connectivity index (χ1n) is 5.72. The minimum atomic E-state index is -0.215. The monoisotopic (exact) mass is 249 g/mol. The van der Waals surface area contributed by atoms with Gasteiger partial charge in [0.05, 0.1) is 18.1 Å². The summed E-state index contributed by atoms with van der Waals surface area (Å²) in [5.74, 6) is -0.206. The Balaban J connectivity index is 1.91. The summed E-state index contributed by atoms with van der Waals surface area (Å²) in [6.45, 7) is 0.676. The summed E-state index contributed by atoms with van der Waals surface area (Å²) in [4.78, 5) is 27.4. The summed E-state index contributed by atoms with van der Waals surface area (Å²) < 4.78 is 4.55. The highest BCUT2D eigenvalue weighted by molar-refractivity contribution is 5.78. The van der Waals surface area contributed by atoms with E-state index >= 15 is 0 Å². The maximum atomic E-state index is 11.1. The van der Waals surface area contributed by atoms with E-state index in [2.05, 4.69) is 20.0 Å². The molecule has 2 rings (SSSR count). The molecule has 1 aromatic heterocycles. The van der Waals surface area contributed by atoms with Crippen molar-refractivity contribution in [2.24, 2.45) is 0 Å². The van der Waals surface area contributed by atoms with Gasteiger partial charge < -0.3 is 20.0 Å². The SMILES string of the molecule is COC(=O)CCCNc1ccc2[nH]c(=O)[nH]c2c1. The van der Waals surface area contributed by atoms with Crippen molar-refractivity contribution in [2.75, 3.05) is 19.0 Å². The van der Waals surface area contributed by atoms with Crippen LogP contribution in [-0.2, 0) is 9.53 Å². The Hall–Kier alpha value is -2.24. The van der Waals surface area contributed by atoms with Crippen LogP contribution < -0.4 is 11.0 Å². The van der Waals surface area contributed by atoms with E-state index in [1.54, 1.807) is 0 Å². The Morgan fingerprint density at radius 1 is 1.33 bits per heavy atom. The van der Waals surface area contributed by atoms with Gasteiger partial charge in [-0.1, -0.05) is 0 Å². The number of methoxy groups -OCH3 is 1. The molecule has 3 N–H and O–H groups in total. The number of hydrogen-bond donors (Lipinski definition) is 3. The standard InChI is InChI=1S/C12H15N3O3/c1-18-11(16)3-2-6-13-8-4-5-9-10(7-8)15-12(17)14-9/h4-5,7,13H,2-3,6H2,1H3,(H2,14,15,17). The molecule has 0 fully saturated rings. The van der Waals surface area contributed by atoms with Crippen molar-refractivity contribution in [2.45, 2.75) is 12.8 Å². The lowest BCUT2D eigenvalue weighted by Crippen LogP contribution is -2.06. The molecule has 0 bridgehead atoms. The summed E-state index contributed by atoms with van der Waals surface area (Å²) in [6, 6.07) is 5.56. The van der Waals surface area contributed by atoms with Crippen LogP contribution in [0.3, 0.4) is 0 Å². The molecule has 0 aliphatic rings. The number of fused-ring (bicyclic) bond motifs is 1. The van der Waals surface area contributed by atoms with E-state index in [1.807, 2.05) is 18.2 Å². The second-order valence-corrected chi connectivity index (χ2v) is 3.95. The summed E-state index contributed by atoms with van der Waals surface area (Å²) >= 11 is 0. The number of aromatic nitrogens is 2. The lowest BCUT2D eigenvalue weighted by Gasteiger charge is -2.05. The summed E-state index contributed by atoms with van der Waals surface area (Å²) in [5.41, 5.74) is 2.23. The lowest BCUT2D eigenvalue weighted by atomic mass is 10.2. The van der Waals surface area contributed by atoms with E-state index in [9.17, 15) is 9.59 Å². The minimum Gasteiger partial charge on any atom is -0.469 e. The molecule has 0 saturated heterocycles. The van der Waals surface area contributed by atoms with Gasteiger partial charge in [-0.2, -0.15) is 0 Å². The van der Waals surface area contributed by atoms with Crippen LogP contribution in [0.1, 0.15) is 12.8 Å². The third kappa shape index (κ3) is 2.91. The van der Waals surface area contributed by atoms with Gasteiger partial charge in [0.15, 0.2) is 0 Å². The second kappa shape index (κ2) is 5.39. The predicted octanol–water partition coefficient (Wildman–Crippen LogP) is 1.22. The predicted molar refractivity (Wildman–Crippen MR) is 68.7 cm³/mol. The quantitative estimate of drug-likeness (QED) is 0.549. The molecule has 0 radical (unpaired) electrons. The molecule has 2 aromatic rings. The van der Waals surface area contributed by atoms with Gasteiger partial charge in [-0.15, -0.1) is 0 Å². The summed E-state index contributed by atoms with van der Waals surface area (Å²) in [5, 5.41) is 3.18. The Labute approximate surface area is 103 Å². The number of aromatic amines is 2. The van der Waals surface area contributed by atoms with Gasteiger partial charge in [0.2, 0.25) is 0 Å². The molecule has 6 heteroatoms. The Bertz CT molecular complexity index is 600. The normalized spacial score (nSPS) is 10.5. The topological polar surface area (TPSA) is 87.0 Å². The first-order valence-corrected chi connectivity index (χ1v) is 5.72. The van der Waals surface area contributed by atoms with Gasteiger partial charge in [0.1, 0.15) is 0 Å². The number of rotatable bonds is 5. The molecule has 1 heterocycles. The van der Waals surface area contributed by atoms with E-state index in [4.69, 9.17) is 0 Å². The maximum Gasteiger partial charge on any atom is 0.323 e. The van der Waals surface area contributed by atoms with Crippen LogP contribution in [-0.4, -0.2) is 29.6 Å². The van der Waals surface area contributed by atoms with Gasteiger partial charge in [-0.3, -0.25) is 4.79 Å². The fourth-order valence-corrected chi connectivity index (χ4v) is 1.71. The van der Waals surface area contributed by atoms with Crippen molar-refractivity contribution in [1.29, 1.82) is 0 Å². The number of nitrogens with one attached hydrogen (secondary N) is 3. The molecule has 1 aromatic carbocycles. The highest BCUT2D eigenvalue weighted by Gasteiger charge is 2.01. The van der Waals surface area contributed by atoms with Crippen LogP contribution in [0.25, 0.3) is 11.0 Å². The molecule has 0 amide bonds. The second-order valence-electron chi connectivity index (χ2n) is 3.95. The van der Waals surface area contributed by atoms with E-state index in [-0.39, 0.29) is 11.7 Å². The number of anilines is 1. The first kappa shape index (κ1) is 12.2. The number of benzene rings is 1. The van der Waals surface area contributed by atoms with Gasteiger partial charge in [0, 0.05) is 18.7 Å². The number of esters is 1. The fraction of sp³-hybridized carbons (Fsp3) is 0.333. The van der Waals surface area contributed by atoms with Crippen LogP contribution in [0.4, 0.5) is 5.69 Å². The van der Waals surface area contributed by atoms with Crippen LogP contribution in [0.2, 0.25) is 0 Å². The largest absolute Gasteiger partial charge is 0.469 e. The van der Waals surface area contributed by atoms with Crippen molar-refractivity contribution in [3.05, 3.63) is 28.7 Å². The zero-order valence-corrected chi connectivity index (χ0v) is 10.1. The average molecular weight is 249 g/mol. The molecule has 0 aliphatic heterocycles. The van der Waals surface area contributed by atoms with Gasteiger partial charge >= 0.3 is 11.7 Å². The average Bonchev–Trinajstić information content (AvgIpc) is 2.73.